The Hall–Kier alpha value is -1.87. The Balaban J connectivity index is 1.96. The van der Waals surface area contributed by atoms with E-state index in [-0.39, 0.29) is 5.82 Å². The number of benzene rings is 2. The Bertz CT molecular complexity index is 569. The fourth-order valence-corrected chi connectivity index (χ4v) is 2.21. The van der Waals surface area contributed by atoms with E-state index < -0.39 is 0 Å². The lowest BCUT2D eigenvalue weighted by Crippen LogP contribution is -2.14. The second-order valence-corrected chi connectivity index (χ2v) is 4.68. The van der Waals surface area contributed by atoms with Gasteiger partial charge in [0.1, 0.15) is 11.6 Å². The summed E-state index contributed by atoms with van der Waals surface area (Å²) < 4.78 is 18.8. The van der Waals surface area contributed by atoms with Crippen LogP contribution in [0.2, 0.25) is 0 Å². The van der Waals surface area contributed by atoms with Crippen LogP contribution in [0.25, 0.3) is 0 Å². The number of rotatable bonds is 6. The van der Waals surface area contributed by atoms with Crippen molar-refractivity contribution in [2.24, 2.45) is 0 Å². The SMILES string of the molecule is CCc1ccccc1CNCc1ccc(OC)cc1F. The maximum Gasteiger partial charge on any atom is 0.131 e. The van der Waals surface area contributed by atoms with Crippen LogP contribution in [0, 0.1) is 5.82 Å². The molecule has 0 heterocycles. The normalized spacial score (nSPS) is 10.6. The van der Waals surface area contributed by atoms with Gasteiger partial charge in [0.05, 0.1) is 7.11 Å². The van der Waals surface area contributed by atoms with Gasteiger partial charge in [-0.3, -0.25) is 0 Å². The maximum atomic E-state index is 13.8. The fourth-order valence-electron chi connectivity index (χ4n) is 2.21. The van der Waals surface area contributed by atoms with Crippen LogP contribution in [0.4, 0.5) is 4.39 Å². The molecular formula is C17H20FNO. The Morgan fingerprint density at radius 2 is 1.70 bits per heavy atom. The van der Waals surface area contributed by atoms with Gasteiger partial charge >= 0.3 is 0 Å². The van der Waals surface area contributed by atoms with Gasteiger partial charge in [-0.2, -0.15) is 0 Å². The summed E-state index contributed by atoms with van der Waals surface area (Å²) in [5, 5.41) is 3.29. The summed E-state index contributed by atoms with van der Waals surface area (Å²) in [4.78, 5) is 0. The summed E-state index contributed by atoms with van der Waals surface area (Å²) in [5.41, 5.74) is 3.25. The molecule has 0 fully saturated rings. The zero-order valence-corrected chi connectivity index (χ0v) is 11.9. The largest absolute Gasteiger partial charge is 0.497 e. The first-order valence-corrected chi connectivity index (χ1v) is 6.84. The highest BCUT2D eigenvalue weighted by molar-refractivity contribution is 5.29. The third kappa shape index (κ3) is 3.58. The minimum atomic E-state index is -0.236. The van der Waals surface area contributed by atoms with Crippen molar-refractivity contribution in [1.29, 1.82) is 0 Å². The van der Waals surface area contributed by atoms with Crippen molar-refractivity contribution in [1.82, 2.24) is 5.32 Å². The molecule has 0 saturated carbocycles. The summed E-state index contributed by atoms with van der Waals surface area (Å²) >= 11 is 0. The van der Waals surface area contributed by atoms with Gasteiger partial charge in [-0.15, -0.1) is 0 Å². The topological polar surface area (TPSA) is 21.3 Å². The van der Waals surface area contributed by atoms with Crippen LogP contribution in [0.3, 0.4) is 0 Å². The lowest BCUT2D eigenvalue weighted by atomic mass is 10.1. The molecule has 0 aliphatic carbocycles. The number of halogens is 1. The molecular weight excluding hydrogens is 253 g/mol. The number of ether oxygens (including phenoxy) is 1. The molecule has 20 heavy (non-hydrogen) atoms. The molecule has 106 valence electrons. The van der Waals surface area contributed by atoms with E-state index in [1.54, 1.807) is 12.1 Å². The summed E-state index contributed by atoms with van der Waals surface area (Å²) in [5.74, 6) is 0.309. The van der Waals surface area contributed by atoms with Crippen LogP contribution in [-0.4, -0.2) is 7.11 Å². The molecule has 0 spiro atoms. The minimum absolute atomic E-state index is 0.236. The molecule has 0 amide bonds. The molecule has 2 aromatic rings. The van der Waals surface area contributed by atoms with Gasteiger partial charge < -0.3 is 10.1 Å². The lowest BCUT2D eigenvalue weighted by Gasteiger charge is -2.10. The molecule has 0 atom stereocenters. The number of aryl methyl sites for hydroxylation is 1. The summed E-state index contributed by atoms with van der Waals surface area (Å²) in [6.45, 7) is 3.39. The van der Waals surface area contributed by atoms with E-state index in [1.807, 2.05) is 12.1 Å². The van der Waals surface area contributed by atoms with Crippen molar-refractivity contribution in [2.75, 3.05) is 7.11 Å². The summed E-state index contributed by atoms with van der Waals surface area (Å²) in [7, 11) is 1.54. The number of methoxy groups -OCH3 is 1. The molecule has 0 radical (unpaired) electrons. The van der Waals surface area contributed by atoms with Crippen molar-refractivity contribution in [2.45, 2.75) is 26.4 Å². The predicted molar refractivity (Wildman–Crippen MR) is 79.3 cm³/mol. The second-order valence-electron chi connectivity index (χ2n) is 4.68. The summed E-state index contributed by atoms with van der Waals surface area (Å²) in [6, 6.07) is 13.3. The van der Waals surface area contributed by atoms with Crippen molar-refractivity contribution in [3.8, 4) is 5.75 Å². The Labute approximate surface area is 119 Å². The monoisotopic (exact) mass is 273 g/mol. The van der Waals surface area contributed by atoms with Gasteiger partial charge in [-0.1, -0.05) is 37.3 Å². The highest BCUT2D eigenvalue weighted by Gasteiger charge is 2.04. The van der Waals surface area contributed by atoms with Crippen LogP contribution < -0.4 is 10.1 Å². The predicted octanol–water partition coefficient (Wildman–Crippen LogP) is 3.69. The Kier molecular flexibility index (Phi) is 5.13. The van der Waals surface area contributed by atoms with E-state index in [2.05, 4.69) is 24.4 Å². The lowest BCUT2D eigenvalue weighted by molar-refractivity contribution is 0.410. The highest BCUT2D eigenvalue weighted by atomic mass is 19.1. The molecule has 0 aliphatic rings. The Morgan fingerprint density at radius 1 is 1.00 bits per heavy atom. The average molecular weight is 273 g/mol. The molecule has 2 nitrogen and oxygen atoms in total. The van der Waals surface area contributed by atoms with Gasteiger partial charge in [0.25, 0.3) is 0 Å². The Morgan fingerprint density at radius 3 is 2.35 bits per heavy atom. The second kappa shape index (κ2) is 7.06. The third-order valence-electron chi connectivity index (χ3n) is 3.39. The van der Waals surface area contributed by atoms with Crippen LogP contribution in [0.5, 0.6) is 5.75 Å². The molecule has 0 bridgehead atoms. The number of hydrogen-bond donors (Lipinski definition) is 1. The van der Waals surface area contributed by atoms with E-state index in [0.29, 0.717) is 17.9 Å². The standard InChI is InChI=1S/C17H20FNO/c1-3-13-6-4-5-7-14(13)11-19-12-15-8-9-16(20-2)10-17(15)18/h4-10,19H,3,11-12H2,1-2H3. The zero-order valence-electron chi connectivity index (χ0n) is 11.9. The van der Waals surface area contributed by atoms with Gasteiger partial charge in [-0.25, -0.2) is 4.39 Å². The molecule has 2 rings (SSSR count). The maximum absolute atomic E-state index is 13.8. The van der Waals surface area contributed by atoms with Crippen molar-refractivity contribution in [3.63, 3.8) is 0 Å². The zero-order chi connectivity index (χ0) is 14.4. The average Bonchev–Trinajstić information content (AvgIpc) is 2.49. The van der Waals surface area contributed by atoms with E-state index in [9.17, 15) is 4.39 Å². The van der Waals surface area contributed by atoms with Gasteiger partial charge in [0.2, 0.25) is 0 Å². The van der Waals surface area contributed by atoms with Gasteiger partial charge in [0.15, 0.2) is 0 Å². The highest BCUT2D eigenvalue weighted by Crippen LogP contribution is 2.16. The van der Waals surface area contributed by atoms with Crippen LogP contribution in [0.15, 0.2) is 42.5 Å². The van der Waals surface area contributed by atoms with Gasteiger partial charge in [0, 0.05) is 24.7 Å². The summed E-state index contributed by atoms with van der Waals surface area (Å²) in [6.07, 6.45) is 1.01. The van der Waals surface area contributed by atoms with Crippen LogP contribution in [0.1, 0.15) is 23.6 Å². The first-order valence-electron chi connectivity index (χ1n) is 6.84. The first-order chi connectivity index (χ1) is 9.74. The van der Waals surface area contributed by atoms with Crippen LogP contribution >= 0.6 is 0 Å². The number of nitrogens with one attached hydrogen (secondary N) is 1. The molecule has 0 aliphatic heterocycles. The molecule has 1 N–H and O–H groups in total. The van der Waals surface area contributed by atoms with Gasteiger partial charge in [-0.05, 0) is 23.6 Å². The smallest absolute Gasteiger partial charge is 0.131 e. The third-order valence-corrected chi connectivity index (χ3v) is 3.39. The number of hydrogen-bond acceptors (Lipinski definition) is 2. The fraction of sp³-hybridized carbons (Fsp3) is 0.294. The van der Waals surface area contributed by atoms with E-state index in [1.165, 1.54) is 24.3 Å². The molecule has 3 heteroatoms. The molecule has 0 saturated heterocycles. The molecule has 2 aromatic carbocycles. The molecule has 0 unspecified atom stereocenters. The van der Waals surface area contributed by atoms with E-state index in [4.69, 9.17) is 4.74 Å². The van der Waals surface area contributed by atoms with Crippen molar-refractivity contribution >= 4 is 0 Å². The quantitative estimate of drug-likeness (QED) is 0.866. The van der Waals surface area contributed by atoms with E-state index in [0.717, 1.165) is 13.0 Å². The van der Waals surface area contributed by atoms with E-state index >= 15 is 0 Å². The first kappa shape index (κ1) is 14.5. The van der Waals surface area contributed by atoms with Crippen molar-refractivity contribution < 1.29 is 9.13 Å². The molecule has 0 aromatic heterocycles. The minimum Gasteiger partial charge on any atom is -0.497 e. The van der Waals surface area contributed by atoms with Crippen molar-refractivity contribution in [3.05, 3.63) is 65.0 Å². The van der Waals surface area contributed by atoms with Crippen LogP contribution in [-0.2, 0) is 19.5 Å².